The van der Waals surface area contributed by atoms with Crippen molar-refractivity contribution in [3.8, 4) is 0 Å². The van der Waals surface area contributed by atoms with Crippen molar-refractivity contribution in [1.29, 1.82) is 0 Å². The number of nitrogens with one attached hydrogen (secondary N) is 1. The standard InChI is InChI=1S/C12H12F3N3OS/c13-12(14,15)8-1-2-11(17-4-8)18-9(6-19)3-10-5-16-7-20-10/h1-2,4-5,7,9,19H,3,6H2,(H,17,18)/t9-/m1/s1. The fourth-order valence-electron chi connectivity index (χ4n) is 1.60. The Balaban J connectivity index is 2.01. The number of halogens is 3. The molecule has 2 rings (SSSR count). The molecule has 0 bridgehead atoms. The molecule has 0 amide bonds. The second-order valence-corrected chi connectivity index (χ2v) is 5.10. The minimum atomic E-state index is -4.40. The first-order chi connectivity index (χ1) is 9.49. The third-order valence-electron chi connectivity index (χ3n) is 2.59. The van der Waals surface area contributed by atoms with E-state index < -0.39 is 11.7 Å². The van der Waals surface area contributed by atoms with E-state index in [1.807, 2.05) is 0 Å². The number of aliphatic hydroxyl groups is 1. The summed E-state index contributed by atoms with van der Waals surface area (Å²) >= 11 is 1.45. The molecule has 2 aromatic heterocycles. The van der Waals surface area contributed by atoms with E-state index in [4.69, 9.17) is 0 Å². The van der Waals surface area contributed by atoms with Gasteiger partial charge < -0.3 is 10.4 Å². The monoisotopic (exact) mass is 303 g/mol. The number of aliphatic hydroxyl groups excluding tert-OH is 1. The Morgan fingerprint density at radius 3 is 2.60 bits per heavy atom. The highest BCUT2D eigenvalue weighted by Gasteiger charge is 2.30. The summed E-state index contributed by atoms with van der Waals surface area (Å²) in [5.74, 6) is 0.293. The van der Waals surface area contributed by atoms with Crippen LogP contribution in [-0.4, -0.2) is 27.7 Å². The van der Waals surface area contributed by atoms with Crippen LogP contribution in [0, 0.1) is 0 Å². The van der Waals surface area contributed by atoms with Crippen LogP contribution >= 0.6 is 11.3 Å². The molecule has 2 heterocycles. The van der Waals surface area contributed by atoms with Gasteiger partial charge in [0.25, 0.3) is 0 Å². The summed E-state index contributed by atoms with van der Waals surface area (Å²) in [5.41, 5.74) is 0.881. The Morgan fingerprint density at radius 1 is 1.30 bits per heavy atom. The minimum absolute atomic E-state index is 0.152. The molecule has 0 aliphatic carbocycles. The van der Waals surface area contributed by atoms with Crippen molar-refractivity contribution in [2.24, 2.45) is 0 Å². The van der Waals surface area contributed by atoms with Gasteiger partial charge >= 0.3 is 6.18 Å². The lowest BCUT2D eigenvalue weighted by Crippen LogP contribution is -2.26. The summed E-state index contributed by atoms with van der Waals surface area (Å²) in [6.45, 7) is -0.152. The van der Waals surface area contributed by atoms with E-state index in [1.54, 1.807) is 11.7 Å². The van der Waals surface area contributed by atoms with Gasteiger partial charge in [0.1, 0.15) is 5.82 Å². The van der Waals surface area contributed by atoms with Crippen LogP contribution in [0.15, 0.2) is 30.0 Å². The van der Waals surface area contributed by atoms with Crippen LogP contribution in [0.2, 0.25) is 0 Å². The van der Waals surface area contributed by atoms with Gasteiger partial charge in [-0.05, 0) is 12.1 Å². The van der Waals surface area contributed by atoms with E-state index >= 15 is 0 Å². The van der Waals surface area contributed by atoms with Gasteiger partial charge in [0.15, 0.2) is 0 Å². The van der Waals surface area contributed by atoms with Crippen molar-refractivity contribution < 1.29 is 18.3 Å². The lowest BCUT2D eigenvalue weighted by molar-refractivity contribution is -0.137. The molecule has 0 saturated carbocycles. The lowest BCUT2D eigenvalue weighted by Gasteiger charge is -2.16. The van der Waals surface area contributed by atoms with Crippen molar-refractivity contribution in [3.05, 3.63) is 40.5 Å². The molecule has 0 fully saturated rings. The molecule has 108 valence electrons. The predicted molar refractivity (Wildman–Crippen MR) is 69.6 cm³/mol. The third-order valence-corrected chi connectivity index (χ3v) is 3.40. The van der Waals surface area contributed by atoms with Crippen LogP contribution in [0.4, 0.5) is 19.0 Å². The molecule has 0 radical (unpaired) electrons. The number of hydrogen-bond acceptors (Lipinski definition) is 5. The summed E-state index contributed by atoms with van der Waals surface area (Å²) in [7, 11) is 0. The Kier molecular flexibility index (Phi) is 4.56. The molecule has 4 nitrogen and oxygen atoms in total. The number of hydrogen-bond donors (Lipinski definition) is 2. The van der Waals surface area contributed by atoms with Crippen LogP contribution in [0.3, 0.4) is 0 Å². The summed E-state index contributed by atoms with van der Waals surface area (Å²) in [6.07, 6.45) is -1.41. The molecule has 1 atom stereocenters. The molecule has 8 heteroatoms. The van der Waals surface area contributed by atoms with E-state index in [0.717, 1.165) is 17.1 Å². The maximum atomic E-state index is 12.4. The van der Waals surface area contributed by atoms with Crippen molar-refractivity contribution in [2.75, 3.05) is 11.9 Å². The highest BCUT2D eigenvalue weighted by Crippen LogP contribution is 2.28. The number of rotatable bonds is 5. The number of anilines is 1. The van der Waals surface area contributed by atoms with Crippen LogP contribution in [-0.2, 0) is 12.6 Å². The second kappa shape index (κ2) is 6.19. The van der Waals surface area contributed by atoms with Gasteiger partial charge in [0, 0.05) is 23.7 Å². The smallest absolute Gasteiger partial charge is 0.394 e. The van der Waals surface area contributed by atoms with Gasteiger partial charge in [-0.15, -0.1) is 11.3 Å². The fraction of sp³-hybridized carbons (Fsp3) is 0.333. The Labute approximate surface area is 117 Å². The third kappa shape index (κ3) is 3.91. The quantitative estimate of drug-likeness (QED) is 0.891. The van der Waals surface area contributed by atoms with E-state index in [-0.39, 0.29) is 12.6 Å². The molecular formula is C12H12F3N3OS. The zero-order chi connectivity index (χ0) is 14.6. The first-order valence-electron chi connectivity index (χ1n) is 5.77. The minimum Gasteiger partial charge on any atom is -0.394 e. The Bertz CT molecular complexity index is 528. The molecule has 20 heavy (non-hydrogen) atoms. The first kappa shape index (κ1) is 14.7. The Hall–Kier alpha value is -1.67. The molecule has 0 aliphatic heterocycles. The average molecular weight is 303 g/mol. The zero-order valence-electron chi connectivity index (χ0n) is 10.3. The van der Waals surface area contributed by atoms with Crippen LogP contribution < -0.4 is 5.32 Å². The number of nitrogens with zero attached hydrogens (tertiary/aromatic N) is 2. The lowest BCUT2D eigenvalue weighted by atomic mass is 10.2. The molecule has 2 aromatic rings. The van der Waals surface area contributed by atoms with Crippen molar-refractivity contribution >= 4 is 17.2 Å². The van der Waals surface area contributed by atoms with E-state index in [9.17, 15) is 18.3 Å². The van der Waals surface area contributed by atoms with Gasteiger partial charge in [0.05, 0.1) is 23.7 Å². The molecule has 0 saturated heterocycles. The van der Waals surface area contributed by atoms with Crippen molar-refractivity contribution in [2.45, 2.75) is 18.6 Å². The van der Waals surface area contributed by atoms with Crippen LogP contribution in [0.5, 0.6) is 0 Å². The number of alkyl halides is 3. The van der Waals surface area contributed by atoms with Crippen LogP contribution in [0.25, 0.3) is 0 Å². The molecular weight excluding hydrogens is 291 g/mol. The average Bonchev–Trinajstić information content (AvgIpc) is 2.90. The summed E-state index contributed by atoms with van der Waals surface area (Å²) in [6, 6.07) is 1.88. The van der Waals surface area contributed by atoms with Gasteiger partial charge in [-0.2, -0.15) is 13.2 Å². The van der Waals surface area contributed by atoms with E-state index in [1.165, 1.54) is 17.4 Å². The van der Waals surface area contributed by atoms with Gasteiger partial charge in [0.2, 0.25) is 0 Å². The fourth-order valence-corrected chi connectivity index (χ4v) is 2.28. The van der Waals surface area contributed by atoms with Crippen molar-refractivity contribution in [3.63, 3.8) is 0 Å². The highest BCUT2D eigenvalue weighted by molar-refractivity contribution is 7.09. The predicted octanol–water partition coefficient (Wildman–Crippen LogP) is 2.57. The van der Waals surface area contributed by atoms with Gasteiger partial charge in [-0.3, -0.25) is 4.98 Å². The zero-order valence-corrected chi connectivity index (χ0v) is 11.1. The molecule has 0 unspecified atom stereocenters. The summed E-state index contributed by atoms with van der Waals surface area (Å²) < 4.78 is 37.2. The number of pyridine rings is 1. The van der Waals surface area contributed by atoms with Gasteiger partial charge in [-0.1, -0.05) is 0 Å². The number of aromatic nitrogens is 2. The topological polar surface area (TPSA) is 58.0 Å². The normalized spacial score (nSPS) is 13.2. The van der Waals surface area contributed by atoms with Crippen molar-refractivity contribution in [1.82, 2.24) is 9.97 Å². The first-order valence-corrected chi connectivity index (χ1v) is 6.65. The number of thiazole rings is 1. The summed E-state index contributed by atoms with van der Waals surface area (Å²) in [5, 5.41) is 12.2. The maximum Gasteiger partial charge on any atom is 0.417 e. The maximum absolute atomic E-state index is 12.4. The molecule has 0 spiro atoms. The highest BCUT2D eigenvalue weighted by atomic mass is 32.1. The second-order valence-electron chi connectivity index (χ2n) is 4.13. The molecule has 2 N–H and O–H groups in total. The summed E-state index contributed by atoms with van der Waals surface area (Å²) in [4.78, 5) is 8.61. The van der Waals surface area contributed by atoms with E-state index in [0.29, 0.717) is 12.2 Å². The van der Waals surface area contributed by atoms with Crippen LogP contribution in [0.1, 0.15) is 10.4 Å². The van der Waals surface area contributed by atoms with E-state index in [2.05, 4.69) is 15.3 Å². The molecule has 0 aromatic carbocycles. The Morgan fingerprint density at radius 2 is 2.10 bits per heavy atom. The molecule has 0 aliphatic rings. The largest absolute Gasteiger partial charge is 0.417 e. The SMILES string of the molecule is OC[C@@H](Cc1cncs1)Nc1ccc(C(F)(F)F)cn1. The van der Waals surface area contributed by atoms with Gasteiger partial charge in [-0.25, -0.2) is 4.98 Å².